The van der Waals surface area contributed by atoms with Gasteiger partial charge in [-0.1, -0.05) is 11.6 Å². The molecule has 0 amide bonds. The van der Waals surface area contributed by atoms with Crippen molar-refractivity contribution >= 4 is 17.3 Å². The number of aromatic nitrogens is 3. The average molecular weight is 300 g/mol. The summed E-state index contributed by atoms with van der Waals surface area (Å²) < 4.78 is 6.96. The number of anilines is 1. The number of nitrogens with zero attached hydrogens (tertiary/aromatic N) is 4. The normalized spacial score (nSPS) is 10.3. The van der Waals surface area contributed by atoms with Crippen LogP contribution in [-0.2, 0) is 6.54 Å². The van der Waals surface area contributed by atoms with E-state index in [1.165, 1.54) is 6.33 Å². The molecule has 0 unspecified atom stereocenters. The number of hydrogen-bond acceptors (Lipinski definition) is 5. The van der Waals surface area contributed by atoms with Gasteiger partial charge in [0.2, 0.25) is 5.76 Å². The Morgan fingerprint density at radius 1 is 1.33 bits per heavy atom. The van der Waals surface area contributed by atoms with Crippen molar-refractivity contribution in [3.05, 3.63) is 59.5 Å². The SMILES string of the molecule is N#Cc1ccc(CNc2cc(Cl)ccc2-n2cncn2)o1. The van der Waals surface area contributed by atoms with E-state index in [0.29, 0.717) is 17.3 Å². The lowest BCUT2D eigenvalue weighted by atomic mass is 10.2. The molecule has 0 aliphatic rings. The molecule has 1 aromatic carbocycles. The summed E-state index contributed by atoms with van der Waals surface area (Å²) in [5, 5.41) is 16.7. The predicted molar refractivity (Wildman–Crippen MR) is 77.1 cm³/mol. The summed E-state index contributed by atoms with van der Waals surface area (Å²) in [4.78, 5) is 3.93. The van der Waals surface area contributed by atoms with E-state index in [0.717, 1.165) is 11.4 Å². The standard InChI is InChI=1S/C14H10ClN5O/c15-10-1-4-14(20-9-17-8-19-20)13(5-10)18-7-12-3-2-11(6-16)21-12/h1-5,8-9,18H,7H2. The number of rotatable bonds is 4. The van der Waals surface area contributed by atoms with Crippen LogP contribution in [0, 0.1) is 11.3 Å². The van der Waals surface area contributed by atoms with Gasteiger partial charge in [-0.3, -0.25) is 0 Å². The van der Waals surface area contributed by atoms with Gasteiger partial charge in [0, 0.05) is 5.02 Å². The van der Waals surface area contributed by atoms with E-state index in [9.17, 15) is 0 Å². The van der Waals surface area contributed by atoms with Crippen LogP contribution in [0.5, 0.6) is 0 Å². The van der Waals surface area contributed by atoms with Crippen LogP contribution in [0.2, 0.25) is 5.02 Å². The fourth-order valence-corrected chi connectivity index (χ4v) is 2.07. The van der Waals surface area contributed by atoms with Crippen molar-refractivity contribution < 1.29 is 4.42 Å². The summed E-state index contributed by atoms with van der Waals surface area (Å²) in [6.07, 6.45) is 3.07. The molecule has 1 N–H and O–H groups in total. The highest BCUT2D eigenvalue weighted by atomic mass is 35.5. The topological polar surface area (TPSA) is 79.7 Å². The smallest absolute Gasteiger partial charge is 0.203 e. The molecule has 0 aliphatic carbocycles. The minimum atomic E-state index is 0.286. The third-order valence-corrected chi connectivity index (χ3v) is 3.08. The molecule has 6 nitrogen and oxygen atoms in total. The van der Waals surface area contributed by atoms with E-state index >= 15 is 0 Å². The summed E-state index contributed by atoms with van der Waals surface area (Å²) in [7, 11) is 0. The van der Waals surface area contributed by atoms with Crippen LogP contribution in [0.3, 0.4) is 0 Å². The zero-order chi connectivity index (χ0) is 14.7. The number of hydrogen-bond donors (Lipinski definition) is 1. The lowest BCUT2D eigenvalue weighted by Gasteiger charge is -2.11. The fraction of sp³-hybridized carbons (Fsp3) is 0.0714. The molecule has 0 spiro atoms. The Bertz CT molecular complexity index is 788. The molecule has 0 fully saturated rings. The van der Waals surface area contributed by atoms with Gasteiger partial charge in [-0.25, -0.2) is 9.67 Å². The van der Waals surface area contributed by atoms with Gasteiger partial charge >= 0.3 is 0 Å². The van der Waals surface area contributed by atoms with Crippen molar-refractivity contribution in [3.63, 3.8) is 0 Å². The lowest BCUT2D eigenvalue weighted by Crippen LogP contribution is -2.04. The zero-order valence-corrected chi connectivity index (χ0v) is 11.6. The van der Waals surface area contributed by atoms with E-state index in [4.69, 9.17) is 21.3 Å². The van der Waals surface area contributed by atoms with Gasteiger partial charge in [-0.05, 0) is 30.3 Å². The molecule has 7 heteroatoms. The molecule has 3 rings (SSSR count). The summed E-state index contributed by atoms with van der Waals surface area (Å²) in [6, 6.07) is 10.8. The molecule has 21 heavy (non-hydrogen) atoms. The highest BCUT2D eigenvalue weighted by molar-refractivity contribution is 6.31. The van der Waals surface area contributed by atoms with Gasteiger partial charge in [0.15, 0.2) is 0 Å². The second kappa shape index (κ2) is 5.69. The Morgan fingerprint density at radius 3 is 2.95 bits per heavy atom. The summed E-state index contributed by atoms with van der Waals surface area (Å²) >= 11 is 6.03. The van der Waals surface area contributed by atoms with Crippen molar-refractivity contribution in [2.24, 2.45) is 0 Å². The van der Waals surface area contributed by atoms with E-state index in [-0.39, 0.29) is 5.76 Å². The third kappa shape index (κ3) is 2.88. The molecule has 0 bridgehead atoms. The van der Waals surface area contributed by atoms with Crippen LogP contribution >= 0.6 is 11.6 Å². The molecule has 104 valence electrons. The molecule has 0 aliphatic heterocycles. The quantitative estimate of drug-likeness (QED) is 0.801. The average Bonchev–Trinajstić information content (AvgIpc) is 3.16. The maximum absolute atomic E-state index is 8.74. The van der Waals surface area contributed by atoms with Gasteiger partial charge in [0.25, 0.3) is 0 Å². The van der Waals surface area contributed by atoms with E-state index in [2.05, 4.69) is 15.4 Å². The Hall–Kier alpha value is -2.78. The molecular weight excluding hydrogens is 290 g/mol. The second-order valence-corrected chi connectivity index (χ2v) is 4.67. The first-order valence-corrected chi connectivity index (χ1v) is 6.51. The third-order valence-electron chi connectivity index (χ3n) is 2.85. The fourth-order valence-electron chi connectivity index (χ4n) is 1.90. The molecule has 2 aromatic heterocycles. The van der Waals surface area contributed by atoms with Gasteiger partial charge in [0.1, 0.15) is 24.5 Å². The van der Waals surface area contributed by atoms with E-state index < -0.39 is 0 Å². The first-order valence-electron chi connectivity index (χ1n) is 6.13. The number of nitriles is 1. The minimum absolute atomic E-state index is 0.286. The number of nitrogens with one attached hydrogen (secondary N) is 1. The van der Waals surface area contributed by atoms with Crippen LogP contribution in [0.15, 0.2) is 47.4 Å². The van der Waals surface area contributed by atoms with Crippen LogP contribution < -0.4 is 5.32 Å². The lowest BCUT2D eigenvalue weighted by molar-refractivity contribution is 0.506. The van der Waals surface area contributed by atoms with Crippen LogP contribution in [-0.4, -0.2) is 14.8 Å². The van der Waals surface area contributed by atoms with Gasteiger partial charge < -0.3 is 9.73 Å². The highest BCUT2D eigenvalue weighted by Gasteiger charge is 2.08. The number of halogens is 1. The van der Waals surface area contributed by atoms with Gasteiger partial charge in [-0.15, -0.1) is 0 Å². The summed E-state index contributed by atoms with van der Waals surface area (Å²) in [5.74, 6) is 0.949. The zero-order valence-electron chi connectivity index (χ0n) is 10.8. The van der Waals surface area contributed by atoms with E-state index in [1.807, 2.05) is 12.1 Å². The van der Waals surface area contributed by atoms with Crippen LogP contribution in [0.25, 0.3) is 5.69 Å². The highest BCUT2D eigenvalue weighted by Crippen LogP contribution is 2.24. The van der Waals surface area contributed by atoms with Gasteiger partial charge in [-0.2, -0.15) is 10.4 Å². The summed E-state index contributed by atoms with van der Waals surface area (Å²) in [6.45, 7) is 0.434. The van der Waals surface area contributed by atoms with Crippen LogP contribution in [0.4, 0.5) is 5.69 Å². The Morgan fingerprint density at radius 2 is 2.24 bits per heavy atom. The largest absolute Gasteiger partial charge is 0.449 e. The molecule has 0 saturated heterocycles. The molecular formula is C14H10ClN5O. The molecule has 0 radical (unpaired) electrons. The van der Waals surface area contributed by atoms with Crippen molar-refractivity contribution in [1.82, 2.24) is 14.8 Å². The van der Waals surface area contributed by atoms with Crippen molar-refractivity contribution in [1.29, 1.82) is 5.26 Å². The monoisotopic (exact) mass is 299 g/mol. The summed E-state index contributed by atoms with van der Waals surface area (Å²) in [5.41, 5.74) is 1.62. The van der Waals surface area contributed by atoms with Gasteiger partial charge in [0.05, 0.1) is 17.9 Å². The first kappa shape index (κ1) is 13.2. The second-order valence-electron chi connectivity index (χ2n) is 4.23. The Balaban J connectivity index is 1.84. The van der Waals surface area contributed by atoms with Crippen LogP contribution in [0.1, 0.15) is 11.5 Å². The number of furan rings is 1. The first-order chi connectivity index (χ1) is 10.3. The minimum Gasteiger partial charge on any atom is -0.449 e. The Kier molecular flexibility index (Phi) is 3.58. The molecule has 0 saturated carbocycles. The predicted octanol–water partition coefficient (Wildman–Crippen LogP) is 3.00. The van der Waals surface area contributed by atoms with Crippen molar-refractivity contribution in [2.75, 3.05) is 5.32 Å². The number of benzene rings is 1. The Labute approximate surface area is 125 Å². The maximum Gasteiger partial charge on any atom is 0.203 e. The molecule has 3 aromatic rings. The van der Waals surface area contributed by atoms with Crippen molar-refractivity contribution in [2.45, 2.75) is 6.54 Å². The molecule has 0 atom stereocenters. The molecule has 2 heterocycles. The maximum atomic E-state index is 8.74. The van der Waals surface area contributed by atoms with Crippen molar-refractivity contribution in [3.8, 4) is 11.8 Å². The van der Waals surface area contributed by atoms with E-state index in [1.54, 1.807) is 35.3 Å².